The van der Waals surface area contributed by atoms with Gasteiger partial charge in [0, 0.05) is 18.4 Å². The molecule has 2 aliphatic rings. The summed E-state index contributed by atoms with van der Waals surface area (Å²) in [6.45, 7) is 2.02. The minimum atomic E-state index is -0.607. The first kappa shape index (κ1) is 14.3. The van der Waals surface area contributed by atoms with Gasteiger partial charge in [-0.3, -0.25) is 4.79 Å². The highest BCUT2D eigenvalue weighted by Crippen LogP contribution is 2.44. The molecule has 0 unspecified atom stereocenters. The highest BCUT2D eigenvalue weighted by atomic mass is 32.2. The summed E-state index contributed by atoms with van der Waals surface area (Å²) in [6, 6.07) is 2.60. The van der Waals surface area contributed by atoms with Crippen LogP contribution in [0.15, 0.2) is 17.4 Å². The zero-order chi connectivity index (χ0) is 14.9. The third kappa shape index (κ3) is 2.51. The van der Waals surface area contributed by atoms with E-state index < -0.39 is 5.54 Å². The number of thioether (sulfide) groups is 1. The van der Waals surface area contributed by atoms with Crippen LogP contribution < -0.4 is 0 Å². The van der Waals surface area contributed by atoms with Crippen molar-refractivity contribution in [2.45, 2.75) is 55.6 Å². The van der Waals surface area contributed by atoms with E-state index in [2.05, 4.69) is 16.0 Å². The molecule has 0 aromatic carbocycles. The zero-order valence-corrected chi connectivity index (χ0v) is 12.9. The van der Waals surface area contributed by atoms with Crippen molar-refractivity contribution in [2.24, 2.45) is 0 Å². The van der Waals surface area contributed by atoms with Crippen molar-refractivity contribution in [3.05, 3.63) is 18.1 Å². The number of amides is 1. The highest BCUT2D eigenvalue weighted by Gasteiger charge is 2.51. The standard InChI is InChI=1S/C15H18N4OS/c1-2-21-13-12(17-8-9-18-13)14(20)19(11-4-5-11)15(10-16)6-3-7-15/h8-9,11H,2-7H2,1H3. The third-order valence-electron chi connectivity index (χ3n) is 4.13. The van der Waals surface area contributed by atoms with E-state index in [0.717, 1.165) is 37.9 Å². The van der Waals surface area contributed by atoms with Gasteiger partial charge >= 0.3 is 0 Å². The number of carbonyl (C=O) groups is 1. The van der Waals surface area contributed by atoms with Gasteiger partial charge in [0.1, 0.15) is 10.6 Å². The molecule has 2 saturated carbocycles. The third-order valence-corrected chi connectivity index (χ3v) is 4.99. The van der Waals surface area contributed by atoms with Crippen LogP contribution in [0.2, 0.25) is 0 Å². The van der Waals surface area contributed by atoms with Gasteiger partial charge in [-0.25, -0.2) is 9.97 Å². The Morgan fingerprint density at radius 3 is 2.71 bits per heavy atom. The lowest BCUT2D eigenvalue weighted by Gasteiger charge is -2.45. The molecular weight excluding hydrogens is 284 g/mol. The first-order valence-electron chi connectivity index (χ1n) is 7.40. The number of aromatic nitrogens is 2. The van der Waals surface area contributed by atoms with E-state index in [0.29, 0.717) is 10.7 Å². The zero-order valence-electron chi connectivity index (χ0n) is 12.1. The molecule has 0 radical (unpaired) electrons. The molecule has 3 rings (SSSR count). The van der Waals surface area contributed by atoms with E-state index in [1.165, 1.54) is 11.8 Å². The molecule has 1 heterocycles. The summed E-state index contributed by atoms with van der Waals surface area (Å²) >= 11 is 1.52. The van der Waals surface area contributed by atoms with E-state index in [-0.39, 0.29) is 11.9 Å². The lowest BCUT2D eigenvalue weighted by atomic mass is 9.76. The van der Waals surface area contributed by atoms with Gasteiger partial charge in [0.2, 0.25) is 0 Å². The van der Waals surface area contributed by atoms with Crippen molar-refractivity contribution >= 4 is 17.7 Å². The molecule has 5 nitrogen and oxygen atoms in total. The van der Waals surface area contributed by atoms with Crippen LogP contribution in [-0.2, 0) is 0 Å². The van der Waals surface area contributed by atoms with Gasteiger partial charge in [0.25, 0.3) is 5.91 Å². The molecule has 0 atom stereocenters. The van der Waals surface area contributed by atoms with Crippen molar-refractivity contribution in [1.82, 2.24) is 14.9 Å². The van der Waals surface area contributed by atoms with Crippen molar-refractivity contribution in [2.75, 3.05) is 5.75 Å². The average molecular weight is 302 g/mol. The van der Waals surface area contributed by atoms with Crippen LogP contribution in [-0.4, -0.2) is 38.1 Å². The van der Waals surface area contributed by atoms with Crippen molar-refractivity contribution < 1.29 is 4.79 Å². The Bertz CT molecular complexity index is 590. The number of nitriles is 1. The molecule has 2 aliphatic carbocycles. The first-order chi connectivity index (χ1) is 10.2. The summed E-state index contributed by atoms with van der Waals surface area (Å²) in [5, 5.41) is 10.2. The van der Waals surface area contributed by atoms with Crippen LogP contribution in [0, 0.1) is 11.3 Å². The number of hydrogen-bond donors (Lipinski definition) is 0. The molecule has 1 amide bonds. The van der Waals surface area contributed by atoms with Gasteiger partial charge < -0.3 is 4.90 Å². The van der Waals surface area contributed by atoms with Crippen molar-refractivity contribution in [3.63, 3.8) is 0 Å². The molecule has 0 N–H and O–H groups in total. The number of hydrogen-bond acceptors (Lipinski definition) is 5. The molecule has 0 bridgehead atoms. The fourth-order valence-corrected chi connectivity index (χ4v) is 3.47. The molecule has 110 valence electrons. The summed E-state index contributed by atoms with van der Waals surface area (Å²) in [5.41, 5.74) is -0.207. The number of nitrogens with zero attached hydrogens (tertiary/aromatic N) is 4. The van der Waals surface area contributed by atoms with Gasteiger partial charge in [-0.05, 0) is 37.9 Å². The number of carbonyl (C=O) groups excluding carboxylic acids is 1. The molecule has 2 fully saturated rings. The molecule has 1 aromatic heterocycles. The topological polar surface area (TPSA) is 69.9 Å². The quantitative estimate of drug-likeness (QED) is 0.782. The lowest BCUT2D eigenvalue weighted by molar-refractivity contribution is 0.0350. The van der Waals surface area contributed by atoms with Gasteiger partial charge in [-0.2, -0.15) is 5.26 Å². The average Bonchev–Trinajstić information content (AvgIpc) is 3.27. The number of rotatable bonds is 5. The summed E-state index contributed by atoms with van der Waals surface area (Å²) in [7, 11) is 0. The second kappa shape index (κ2) is 5.64. The Hall–Kier alpha value is -1.61. The Morgan fingerprint density at radius 1 is 1.48 bits per heavy atom. The van der Waals surface area contributed by atoms with Crippen LogP contribution in [0.25, 0.3) is 0 Å². The van der Waals surface area contributed by atoms with E-state index in [1.807, 2.05) is 6.92 Å². The van der Waals surface area contributed by atoms with Crippen LogP contribution in [0.5, 0.6) is 0 Å². The predicted molar refractivity (Wildman–Crippen MR) is 79.8 cm³/mol. The normalized spacial score (nSPS) is 19.4. The monoisotopic (exact) mass is 302 g/mol. The summed E-state index contributed by atoms with van der Waals surface area (Å²) < 4.78 is 0. The van der Waals surface area contributed by atoms with Crippen molar-refractivity contribution in [3.8, 4) is 6.07 Å². The minimum Gasteiger partial charge on any atom is -0.316 e. The SMILES string of the molecule is CCSc1nccnc1C(=O)N(C1CC1)C1(C#N)CCC1. The second-order valence-corrected chi connectivity index (χ2v) is 6.80. The molecule has 6 heteroatoms. The van der Waals surface area contributed by atoms with E-state index in [4.69, 9.17) is 0 Å². The molecule has 0 saturated heterocycles. The van der Waals surface area contributed by atoms with Crippen LogP contribution in [0.1, 0.15) is 49.5 Å². The van der Waals surface area contributed by atoms with Gasteiger partial charge in [0.15, 0.2) is 5.69 Å². The summed E-state index contributed by atoms with van der Waals surface area (Å²) in [5.74, 6) is 0.717. The Labute approximate surface area is 128 Å². The van der Waals surface area contributed by atoms with Gasteiger partial charge in [0.05, 0.1) is 6.07 Å². The molecule has 0 aliphatic heterocycles. The Morgan fingerprint density at radius 2 is 2.19 bits per heavy atom. The predicted octanol–water partition coefficient (Wildman–Crippen LogP) is 2.64. The van der Waals surface area contributed by atoms with E-state index in [1.54, 1.807) is 17.3 Å². The smallest absolute Gasteiger partial charge is 0.276 e. The highest BCUT2D eigenvalue weighted by molar-refractivity contribution is 7.99. The lowest BCUT2D eigenvalue weighted by Crippen LogP contribution is -2.56. The van der Waals surface area contributed by atoms with E-state index >= 15 is 0 Å². The maximum Gasteiger partial charge on any atom is 0.276 e. The molecule has 1 aromatic rings. The molecule has 0 spiro atoms. The fourth-order valence-electron chi connectivity index (χ4n) is 2.79. The Balaban J connectivity index is 1.94. The first-order valence-corrected chi connectivity index (χ1v) is 8.39. The molecule has 21 heavy (non-hydrogen) atoms. The minimum absolute atomic E-state index is 0.122. The second-order valence-electron chi connectivity index (χ2n) is 5.55. The van der Waals surface area contributed by atoms with Crippen LogP contribution >= 0.6 is 11.8 Å². The maximum atomic E-state index is 13.0. The van der Waals surface area contributed by atoms with Crippen LogP contribution in [0.4, 0.5) is 0 Å². The maximum absolute atomic E-state index is 13.0. The van der Waals surface area contributed by atoms with E-state index in [9.17, 15) is 10.1 Å². The Kier molecular flexibility index (Phi) is 3.85. The summed E-state index contributed by atoms with van der Waals surface area (Å²) in [4.78, 5) is 23.3. The summed E-state index contributed by atoms with van der Waals surface area (Å²) in [6.07, 6.45) is 7.72. The van der Waals surface area contributed by atoms with Gasteiger partial charge in [-0.15, -0.1) is 11.8 Å². The molecular formula is C15H18N4OS. The van der Waals surface area contributed by atoms with Crippen molar-refractivity contribution in [1.29, 1.82) is 5.26 Å². The van der Waals surface area contributed by atoms with Crippen LogP contribution in [0.3, 0.4) is 0 Å². The largest absolute Gasteiger partial charge is 0.316 e. The fraction of sp³-hybridized carbons (Fsp3) is 0.600. The van der Waals surface area contributed by atoms with Gasteiger partial charge in [-0.1, -0.05) is 6.92 Å².